The third-order valence-corrected chi connectivity index (χ3v) is 5.90. The molecule has 20 heavy (non-hydrogen) atoms. The topological polar surface area (TPSA) is 85.1 Å². The largest absolute Gasteiger partial charge is 0.398 e. The van der Waals surface area contributed by atoms with Crippen molar-refractivity contribution in [3.63, 3.8) is 0 Å². The number of sulfonamides is 1. The molecule has 0 atom stereocenters. The van der Waals surface area contributed by atoms with E-state index in [1.54, 1.807) is 18.3 Å². The summed E-state index contributed by atoms with van der Waals surface area (Å²) in [5, 5.41) is 0.721. The van der Waals surface area contributed by atoms with Crippen LogP contribution in [0, 0.1) is 0 Å². The van der Waals surface area contributed by atoms with Gasteiger partial charge in [-0.25, -0.2) is 18.1 Å². The molecular formula is C12H12BrN3O2S2. The van der Waals surface area contributed by atoms with Crippen molar-refractivity contribution >= 4 is 43.4 Å². The molecule has 0 unspecified atom stereocenters. The molecule has 0 saturated heterocycles. The van der Waals surface area contributed by atoms with E-state index in [-0.39, 0.29) is 4.90 Å². The number of anilines is 1. The number of nitrogen functional groups attached to an aromatic ring is 1. The van der Waals surface area contributed by atoms with Gasteiger partial charge in [-0.1, -0.05) is 11.8 Å². The van der Waals surface area contributed by atoms with Gasteiger partial charge in [-0.05, 0) is 53.3 Å². The SMILES string of the molecule is CNS(=O)(=O)c1ccc(N)c(Sc2ncccc2Br)c1. The average molecular weight is 374 g/mol. The van der Waals surface area contributed by atoms with Crippen LogP contribution in [0.3, 0.4) is 0 Å². The molecule has 1 aromatic heterocycles. The lowest BCUT2D eigenvalue weighted by molar-refractivity contribution is 0.588. The van der Waals surface area contributed by atoms with Gasteiger partial charge in [0.2, 0.25) is 10.0 Å². The summed E-state index contributed by atoms with van der Waals surface area (Å²) >= 11 is 4.70. The number of nitrogens with zero attached hydrogens (tertiary/aromatic N) is 1. The van der Waals surface area contributed by atoms with Crippen LogP contribution < -0.4 is 10.5 Å². The Morgan fingerprint density at radius 1 is 1.35 bits per heavy atom. The number of nitrogens with one attached hydrogen (secondary N) is 1. The fourth-order valence-corrected chi connectivity index (χ4v) is 3.63. The van der Waals surface area contributed by atoms with Gasteiger partial charge in [0, 0.05) is 16.8 Å². The van der Waals surface area contributed by atoms with Crippen LogP contribution in [0.4, 0.5) is 5.69 Å². The van der Waals surface area contributed by atoms with Crippen molar-refractivity contribution in [3.8, 4) is 0 Å². The Balaban J connectivity index is 2.42. The molecule has 0 fully saturated rings. The van der Waals surface area contributed by atoms with Crippen LogP contribution in [-0.2, 0) is 10.0 Å². The average Bonchev–Trinajstić information content (AvgIpc) is 2.43. The first-order valence-corrected chi connectivity index (χ1v) is 8.65. The van der Waals surface area contributed by atoms with Gasteiger partial charge >= 0.3 is 0 Å². The van der Waals surface area contributed by atoms with Crippen molar-refractivity contribution in [2.75, 3.05) is 12.8 Å². The quantitative estimate of drug-likeness (QED) is 0.804. The van der Waals surface area contributed by atoms with Gasteiger partial charge in [-0.15, -0.1) is 0 Å². The van der Waals surface area contributed by atoms with Crippen molar-refractivity contribution in [1.29, 1.82) is 0 Å². The fraction of sp³-hybridized carbons (Fsp3) is 0.0833. The highest BCUT2D eigenvalue weighted by molar-refractivity contribution is 9.10. The van der Waals surface area contributed by atoms with Crippen molar-refractivity contribution in [2.45, 2.75) is 14.8 Å². The molecule has 1 aromatic carbocycles. The Kier molecular flexibility index (Phi) is 4.69. The molecule has 0 saturated carbocycles. The molecule has 2 rings (SSSR count). The number of aromatic nitrogens is 1. The van der Waals surface area contributed by atoms with Crippen LogP contribution in [0.2, 0.25) is 0 Å². The van der Waals surface area contributed by atoms with E-state index in [0.29, 0.717) is 10.6 Å². The van der Waals surface area contributed by atoms with E-state index in [1.807, 2.05) is 6.07 Å². The maximum Gasteiger partial charge on any atom is 0.240 e. The zero-order chi connectivity index (χ0) is 14.8. The van der Waals surface area contributed by atoms with Crippen LogP contribution in [-0.4, -0.2) is 20.4 Å². The molecule has 0 bridgehead atoms. The summed E-state index contributed by atoms with van der Waals surface area (Å²) in [5.74, 6) is 0. The summed E-state index contributed by atoms with van der Waals surface area (Å²) in [6, 6.07) is 8.24. The van der Waals surface area contributed by atoms with Crippen molar-refractivity contribution in [1.82, 2.24) is 9.71 Å². The molecule has 106 valence electrons. The molecular weight excluding hydrogens is 362 g/mol. The third kappa shape index (κ3) is 3.32. The summed E-state index contributed by atoms with van der Waals surface area (Å²) in [4.78, 5) is 5.03. The van der Waals surface area contributed by atoms with Crippen molar-refractivity contribution in [3.05, 3.63) is 41.0 Å². The first kappa shape index (κ1) is 15.3. The predicted molar refractivity (Wildman–Crippen MR) is 83.2 cm³/mol. The Morgan fingerprint density at radius 3 is 2.75 bits per heavy atom. The second kappa shape index (κ2) is 6.13. The zero-order valence-corrected chi connectivity index (χ0v) is 13.7. The Bertz CT molecular complexity index is 735. The molecule has 1 heterocycles. The van der Waals surface area contributed by atoms with Gasteiger partial charge < -0.3 is 5.73 Å². The molecule has 0 spiro atoms. The highest BCUT2D eigenvalue weighted by Crippen LogP contribution is 2.35. The zero-order valence-electron chi connectivity index (χ0n) is 10.5. The molecule has 0 aliphatic rings. The number of benzene rings is 1. The monoisotopic (exact) mass is 373 g/mol. The summed E-state index contributed by atoms with van der Waals surface area (Å²) in [5.41, 5.74) is 6.40. The van der Waals surface area contributed by atoms with E-state index < -0.39 is 10.0 Å². The standard InChI is InChI=1S/C12H12BrN3O2S2/c1-15-20(17,18)8-4-5-10(14)11(7-8)19-12-9(13)3-2-6-16-12/h2-7,15H,14H2,1H3. The Labute approximate surface area is 130 Å². The maximum atomic E-state index is 11.8. The van der Waals surface area contributed by atoms with Gasteiger partial charge in [-0.3, -0.25) is 0 Å². The minimum absolute atomic E-state index is 0.170. The Hall–Kier alpha value is -1.09. The minimum Gasteiger partial charge on any atom is -0.398 e. The van der Waals surface area contributed by atoms with Crippen molar-refractivity contribution in [2.24, 2.45) is 0 Å². The number of rotatable bonds is 4. The van der Waals surface area contributed by atoms with E-state index >= 15 is 0 Å². The first-order chi connectivity index (χ1) is 9.44. The molecule has 8 heteroatoms. The summed E-state index contributed by atoms with van der Waals surface area (Å²) in [7, 11) is -2.12. The van der Waals surface area contributed by atoms with E-state index in [9.17, 15) is 8.42 Å². The molecule has 0 amide bonds. The van der Waals surface area contributed by atoms with Crippen LogP contribution >= 0.6 is 27.7 Å². The van der Waals surface area contributed by atoms with E-state index in [0.717, 1.165) is 9.50 Å². The normalized spacial score (nSPS) is 11.5. The lowest BCUT2D eigenvalue weighted by atomic mass is 10.3. The van der Waals surface area contributed by atoms with Gasteiger partial charge in [-0.2, -0.15) is 0 Å². The van der Waals surface area contributed by atoms with Gasteiger partial charge in [0.15, 0.2) is 0 Å². The van der Waals surface area contributed by atoms with Gasteiger partial charge in [0.25, 0.3) is 0 Å². The van der Waals surface area contributed by atoms with E-state index in [2.05, 4.69) is 25.6 Å². The molecule has 5 nitrogen and oxygen atoms in total. The summed E-state index contributed by atoms with van der Waals surface area (Å²) in [6.07, 6.45) is 1.66. The number of halogens is 1. The highest BCUT2D eigenvalue weighted by atomic mass is 79.9. The summed E-state index contributed by atoms with van der Waals surface area (Å²) in [6.45, 7) is 0. The van der Waals surface area contributed by atoms with Gasteiger partial charge in [0.05, 0.1) is 9.37 Å². The second-order valence-corrected chi connectivity index (χ2v) is 7.57. The molecule has 2 aromatic rings. The maximum absolute atomic E-state index is 11.8. The van der Waals surface area contributed by atoms with E-state index in [4.69, 9.17) is 5.73 Å². The second-order valence-electron chi connectivity index (χ2n) is 3.80. The van der Waals surface area contributed by atoms with Crippen LogP contribution in [0.25, 0.3) is 0 Å². The number of hydrogen-bond acceptors (Lipinski definition) is 5. The number of hydrogen-bond donors (Lipinski definition) is 2. The lowest BCUT2D eigenvalue weighted by Gasteiger charge is -2.09. The van der Waals surface area contributed by atoms with Crippen molar-refractivity contribution < 1.29 is 8.42 Å². The smallest absolute Gasteiger partial charge is 0.240 e. The molecule has 0 aliphatic carbocycles. The van der Waals surface area contributed by atoms with E-state index in [1.165, 1.54) is 30.9 Å². The Morgan fingerprint density at radius 2 is 2.10 bits per heavy atom. The van der Waals surface area contributed by atoms with Crippen LogP contribution in [0.15, 0.2) is 55.8 Å². The highest BCUT2D eigenvalue weighted by Gasteiger charge is 2.14. The lowest BCUT2D eigenvalue weighted by Crippen LogP contribution is -2.18. The third-order valence-electron chi connectivity index (χ3n) is 2.50. The fourth-order valence-electron chi connectivity index (χ4n) is 1.44. The molecule has 0 aliphatic heterocycles. The summed E-state index contributed by atoms with van der Waals surface area (Å²) < 4.78 is 26.7. The first-order valence-electron chi connectivity index (χ1n) is 5.55. The van der Waals surface area contributed by atoms with Crippen LogP contribution in [0.5, 0.6) is 0 Å². The number of pyridine rings is 1. The van der Waals surface area contributed by atoms with Crippen LogP contribution in [0.1, 0.15) is 0 Å². The number of nitrogens with two attached hydrogens (primary N) is 1. The molecule has 0 radical (unpaired) electrons. The van der Waals surface area contributed by atoms with Gasteiger partial charge in [0.1, 0.15) is 5.03 Å². The molecule has 3 N–H and O–H groups in total. The minimum atomic E-state index is -3.49. The predicted octanol–water partition coefficient (Wildman–Crippen LogP) is 2.49.